The van der Waals surface area contributed by atoms with Crippen LogP contribution in [-0.4, -0.2) is 14.1 Å². The number of rotatable bonds is 5. The van der Waals surface area contributed by atoms with Gasteiger partial charge in [0.05, 0.1) is 0 Å². The van der Waals surface area contributed by atoms with Crippen LogP contribution in [0, 0.1) is 6.92 Å². The molecule has 0 saturated heterocycles. The summed E-state index contributed by atoms with van der Waals surface area (Å²) in [6, 6.07) is 11.9. The van der Waals surface area contributed by atoms with Gasteiger partial charge in [0.25, 0.3) is 0 Å². The highest BCUT2D eigenvalue weighted by molar-refractivity contribution is 6.31. The SMILES string of the molecule is Cc1ccc(Cl)cc1CNCc1c(Cl)cccc1N(C)C. The molecule has 0 aliphatic carbocycles. The van der Waals surface area contributed by atoms with Crippen LogP contribution in [0.3, 0.4) is 0 Å². The fourth-order valence-electron chi connectivity index (χ4n) is 2.29. The number of hydrogen-bond acceptors (Lipinski definition) is 2. The Labute approximate surface area is 136 Å². The van der Waals surface area contributed by atoms with Gasteiger partial charge in [-0.05, 0) is 42.3 Å². The quantitative estimate of drug-likeness (QED) is 0.861. The van der Waals surface area contributed by atoms with Gasteiger partial charge in [-0.25, -0.2) is 0 Å². The van der Waals surface area contributed by atoms with Crippen molar-refractivity contribution in [3.05, 3.63) is 63.1 Å². The van der Waals surface area contributed by atoms with Crippen LogP contribution in [0.2, 0.25) is 10.0 Å². The van der Waals surface area contributed by atoms with Crippen molar-refractivity contribution in [3.8, 4) is 0 Å². The Bertz CT molecular complexity index is 624. The molecule has 0 radical (unpaired) electrons. The zero-order chi connectivity index (χ0) is 15.4. The largest absolute Gasteiger partial charge is 0.377 e. The van der Waals surface area contributed by atoms with E-state index in [1.807, 2.05) is 44.4 Å². The molecule has 0 aliphatic heterocycles. The van der Waals surface area contributed by atoms with E-state index in [0.717, 1.165) is 34.4 Å². The number of halogens is 2. The second kappa shape index (κ2) is 7.17. The van der Waals surface area contributed by atoms with E-state index in [2.05, 4.69) is 23.2 Å². The normalized spacial score (nSPS) is 10.7. The van der Waals surface area contributed by atoms with Gasteiger partial charge < -0.3 is 10.2 Å². The summed E-state index contributed by atoms with van der Waals surface area (Å²) >= 11 is 12.4. The first-order chi connectivity index (χ1) is 9.99. The van der Waals surface area contributed by atoms with Gasteiger partial charge in [0.15, 0.2) is 0 Å². The first kappa shape index (κ1) is 16.2. The molecule has 4 heteroatoms. The molecule has 0 fully saturated rings. The molecule has 2 rings (SSSR count). The van der Waals surface area contributed by atoms with Gasteiger partial charge in [-0.2, -0.15) is 0 Å². The Hall–Kier alpha value is -1.22. The minimum Gasteiger partial charge on any atom is -0.377 e. The van der Waals surface area contributed by atoms with Crippen LogP contribution in [0.4, 0.5) is 5.69 Å². The average Bonchev–Trinajstić information content (AvgIpc) is 2.44. The Morgan fingerprint density at radius 3 is 2.52 bits per heavy atom. The van der Waals surface area contributed by atoms with Crippen LogP contribution in [-0.2, 0) is 13.1 Å². The van der Waals surface area contributed by atoms with E-state index in [0.29, 0.717) is 0 Å². The van der Waals surface area contributed by atoms with Crippen LogP contribution in [0.1, 0.15) is 16.7 Å². The Morgan fingerprint density at radius 1 is 1.05 bits per heavy atom. The first-order valence-electron chi connectivity index (χ1n) is 6.89. The van der Waals surface area contributed by atoms with E-state index in [9.17, 15) is 0 Å². The third-order valence-electron chi connectivity index (χ3n) is 3.50. The zero-order valence-corrected chi connectivity index (χ0v) is 14.1. The highest BCUT2D eigenvalue weighted by Gasteiger charge is 2.08. The van der Waals surface area contributed by atoms with Crippen molar-refractivity contribution in [2.45, 2.75) is 20.0 Å². The van der Waals surface area contributed by atoms with Crippen molar-refractivity contribution in [1.29, 1.82) is 0 Å². The second-order valence-electron chi connectivity index (χ2n) is 5.31. The summed E-state index contributed by atoms with van der Waals surface area (Å²) < 4.78 is 0. The van der Waals surface area contributed by atoms with Crippen molar-refractivity contribution in [2.75, 3.05) is 19.0 Å². The van der Waals surface area contributed by atoms with Crippen LogP contribution in [0.25, 0.3) is 0 Å². The summed E-state index contributed by atoms with van der Waals surface area (Å²) in [5, 5.41) is 5.01. The van der Waals surface area contributed by atoms with Crippen molar-refractivity contribution in [2.24, 2.45) is 0 Å². The number of benzene rings is 2. The van der Waals surface area contributed by atoms with E-state index in [1.165, 1.54) is 11.1 Å². The van der Waals surface area contributed by atoms with E-state index in [4.69, 9.17) is 23.2 Å². The van der Waals surface area contributed by atoms with E-state index >= 15 is 0 Å². The Morgan fingerprint density at radius 2 is 1.81 bits per heavy atom. The molecule has 0 spiro atoms. The number of hydrogen-bond donors (Lipinski definition) is 1. The summed E-state index contributed by atoms with van der Waals surface area (Å²) in [5.74, 6) is 0. The summed E-state index contributed by atoms with van der Waals surface area (Å²) in [6.07, 6.45) is 0. The summed E-state index contributed by atoms with van der Waals surface area (Å²) in [4.78, 5) is 2.08. The van der Waals surface area contributed by atoms with Gasteiger partial charge in [-0.1, -0.05) is 35.3 Å². The van der Waals surface area contributed by atoms with Crippen LogP contribution in [0.5, 0.6) is 0 Å². The molecule has 2 aromatic carbocycles. The molecular formula is C17H20Cl2N2. The fraction of sp³-hybridized carbons (Fsp3) is 0.294. The van der Waals surface area contributed by atoms with Gasteiger partial charge >= 0.3 is 0 Å². The van der Waals surface area contributed by atoms with Gasteiger partial charge in [0.2, 0.25) is 0 Å². The summed E-state index contributed by atoms with van der Waals surface area (Å²) in [7, 11) is 4.05. The van der Waals surface area contributed by atoms with Gasteiger partial charge in [0.1, 0.15) is 0 Å². The minimum atomic E-state index is 0.721. The number of aryl methyl sites for hydroxylation is 1. The predicted octanol–water partition coefficient (Wildman–Crippen LogP) is 4.66. The number of anilines is 1. The second-order valence-corrected chi connectivity index (χ2v) is 6.15. The highest BCUT2D eigenvalue weighted by atomic mass is 35.5. The first-order valence-corrected chi connectivity index (χ1v) is 7.65. The van der Waals surface area contributed by atoms with E-state index in [-0.39, 0.29) is 0 Å². The molecule has 2 nitrogen and oxygen atoms in total. The highest BCUT2D eigenvalue weighted by Crippen LogP contribution is 2.26. The molecule has 21 heavy (non-hydrogen) atoms. The molecule has 0 unspecified atom stereocenters. The van der Waals surface area contributed by atoms with Gasteiger partial charge in [-0.15, -0.1) is 0 Å². The monoisotopic (exact) mass is 322 g/mol. The molecule has 0 atom stereocenters. The molecule has 112 valence electrons. The Balaban J connectivity index is 2.09. The molecule has 0 aromatic heterocycles. The summed E-state index contributed by atoms with van der Waals surface area (Å²) in [6.45, 7) is 3.58. The topological polar surface area (TPSA) is 15.3 Å². The lowest BCUT2D eigenvalue weighted by molar-refractivity contribution is 0.690. The van der Waals surface area contributed by atoms with E-state index in [1.54, 1.807) is 0 Å². The van der Waals surface area contributed by atoms with E-state index < -0.39 is 0 Å². The maximum atomic E-state index is 6.32. The maximum Gasteiger partial charge on any atom is 0.0471 e. The Kier molecular flexibility index (Phi) is 5.51. The van der Waals surface area contributed by atoms with Gasteiger partial charge in [0, 0.05) is 48.5 Å². The maximum absolute atomic E-state index is 6.32. The average molecular weight is 323 g/mol. The van der Waals surface area contributed by atoms with Crippen LogP contribution >= 0.6 is 23.2 Å². The number of nitrogens with one attached hydrogen (secondary N) is 1. The number of nitrogens with zero attached hydrogens (tertiary/aromatic N) is 1. The lowest BCUT2D eigenvalue weighted by atomic mass is 10.1. The molecule has 0 aliphatic rings. The van der Waals surface area contributed by atoms with Crippen molar-refractivity contribution >= 4 is 28.9 Å². The molecule has 2 aromatic rings. The zero-order valence-electron chi connectivity index (χ0n) is 12.6. The minimum absolute atomic E-state index is 0.721. The molecule has 0 heterocycles. The third-order valence-corrected chi connectivity index (χ3v) is 4.09. The predicted molar refractivity (Wildman–Crippen MR) is 92.5 cm³/mol. The molecule has 0 bridgehead atoms. The van der Waals surface area contributed by atoms with Crippen molar-refractivity contribution in [1.82, 2.24) is 5.32 Å². The smallest absolute Gasteiger partial charge is 0.0471 e. The molecular weight excluding hydrogens is 303 g/mol. The lowest BCUT2D eigenvalue weighted by Crippen LogP contribution is -2.18. The molecule has 0 amide bonds. The van der Waals surface area contributed by atoms with Crippen molar-refractivity contribution < 1.29 is 0 Å². The standard InChI is InChI=1S/C17H20Cl2N2/c1-12-7-8-14(18)9-13(12)10-20-11-15-16(19)5-4-6-17(15)21(2)3/h4-9,20H,10-11H2,1-3H3. The third kappa shape index (κ3) is 4.13. The summed E-state index contributed by atoms with van der Waals surface area (Å²) in [5.41, 5.74) is 4.70. The van der Waals surface area contributed by atoms with Crippen molar-refractivity contribution in [3.63, 3.8) is 0 Å². The van der Waals surface area contributed by atoms with Crippen LogP contribution < -0.4 is 10.2 Å². The fourth-order valence-corrected chi connectivity index (χ4v) is 2.72. The lowest BCUT2D eigenvalue weighted by Gasteiger charge is -2.19. The van der Waals surface area contributed by atoms with Crippen LogP contribution in [0.15, 0.2) is 36.4 Å². The molecule has 1 N–H and O–H groups in total. The molecule has 0 saturated carbocycles. The van der Waals surface area contributed by atoms with Gasteiger partial charge in [-0.3, -0.25) is 0 Å².